The van der Waals surface area contributed by atoms with Crippen molar-refractivity contribution < 1.29 is 0 Å². The molecular formula is C12H6S3. The van der Waals surface area contributed by atoms with Gasteiger partial charge in [0.1, 0.15) is 0 Å². The fraction of sp³-hybridized carbons (Fsp3) is 0. The number of hydrogen-bond acceptors (Lipinski definition) is 3. The topological polar surface area (TPSA) is 0 Å². The van der Waals surface area contributed by atoms with Gasteiger partial charge in [0, 0.05) is 20.2 Å². The van der Waals surface area contributed by atoms with E-state index in [4.69, 9.17) is 0 Å². The van der Waals surface area contributed by atoms with Crippen molar-refractivity contribution in [1.29, 1.82) is 0 Å². The average Bonchev–Trinajstić information content (AvgIpc) is 2.86. The number of thiophene rings is 3. The Morgan fingerprint density at radius 1 is 0.800 bits per heavy atom. The third-order valence-electron chi connectivity index (χ3n) is 2.68. The van der Waals surface area contributed by atoms with E-state index in [1.165, 1.54) is 29.6 Å². The SMILES string of the molecule is c1cc2cc3sc4sccc4c3cc2s1. The van der Waals surface area contributed by atoms with Gasteiger partial charge in [-0.05, 0) is 40.4 Å². The summed E-state index contributed by atoms with van der Waals surface area (Å²) in [5, 5.41) is 8.57. The summed E-state index contributed by atoms with van der Waals surface area (Å²) >= 11 is 5.58. The molecule has 4 aromatic rings. The summed E-state index contributed by atoms with van der Waals surface area (Å²) in [4.78, 5) is 0. The van der Waals surface area contributed by atoms with Crippen molar-refractivity contribution in [1.82, 2.24) is 0 Å². The van der Waals surface area contributed by atoms with Crippen molar-refractivity contribution >= 4 is 63.6 Å². The number of benzene rings is 1. The molecule has 72 valence electrons. The maximum atomic E-state index is 2.33. The Bertz CT molecular complexity index is 764. The van der Waals surface area contributed by atoms with E-state index >= 15 is 0 Å². The molecule has 0 aliphatic heterocycles. The van der Waals surface area contributed by atoms with Crippen LogP contribution in [-0.2, 0) is 0 Å². The van der Waals surface area contributed by atoms with Gasteiger partial charge in [-0.2, -0.15) is 0 Å². The standard InChI is InChI=1S/C12H6S3/c1-3-13-10-6-9-8-2-4-14-12(8)15-11(9)5-7(1)10/h1-6H. The Balaban J connectivity index is 2.35. The number of rotatable bonds is 0. The van der Waals surface area contributed by atoms with Gasteiger partial charge >= 0.3 is 0 Å². The van der Waals surface area contributed by atoms with E-state index in [1.54, 1.807) is 0 Å². The van der Waals surface area contributed by atoms with E-state index in [0.717, 1.165) is 0 Å². The van der Waals surface area contributed by atoms with Crippen molar-refractivity contribution in [3.05, 3.63) is 35.0 Å². The van der Waals surface area contributed by atoms with E-state index in [9.17, 15) is 0 Å². The first-order chi connectivity index (χ1) is 7.42. The lowest BCUT2D eigenvalue weighted by Crippen LogP contribution is -1.63. The second-order valence-electron chi connectivity index (χ2n) is 3.53. The summed E-state index contributed by atoms with van der Waals surface area (Å²) in [5.74, 6) is 0. The van der Waals surface area contributed by atoms with Gasteiger partial charge in [-0.15, -0.1) is 34.0 Å². The summed E-state index contributed by atoms with van der Waals surface area (Å²) in [6, 6.07) is 9.09. The van der Waals surface area contributed by atoms with Crippen LogP contribution in [-0.4, -0.2) is 0 Å². The maximum Gasteiger partial charge on any atom is 0.0877 e. The van der Waals surface area contributed by atoms with Crippen LogP contribution in [0.15, 0.2) is 35.0 Å². The Kier molecular flexibility index (Phi) is 1.55. The maximum absolute atomic E-state index is 2.33. The van der Waals surface area contributed by atoms with Crippen LogP contribution < -0.4 is 0 Å². The van der Waals surface area contributed by atoms with Crippen LogP contribution in [0.3, 0.4) is 0 Å². The van der Waals surface area contributed by atoms with Gasteiger partial charge in [0.05, 0.1) is 4.01 Å². The first-order valence-electron chi connectivity index (χ1n) is 4.69. The molecule has 4 rings (SSSR count). The predicted molar refractivity (Wildman–Crippen MR) is 72.6 cm³/mol. The Morgan fingerprint density at radius 3 is 2.73 bits per heavy atom. The largest absolute Gasteiger partial charge is 0.144 e. The van der Waals surface area contributed by atoms with Gasteiger partial charge in [0.15, 0.2) is 0 Å². The van der Waals surface area contributed by atoms with Gasteiger partial charge in [-0.1, -0.05) is 0 Å². The second kappa shape index (κ2) is 2.82. The summed E-state index contributed by atoms with van der Waals surface area (Å²) in [5.41, 5.74) is 0. The van der Waals surface area contributed by atoms with Crippen molar-refractivity contribution in [2.75, 3.05) is 0 Å². The molecule has 0 spiro atoms. The molecule has 0 saturated carbocycles. The molecule has 15 heavy (non-hydrogen) atoms. The molecule has 0 radical (unpaired) electrons. The summed E-state index contributed by atoms with van der Waals surface area (Å²) in [7, 11) is 0. The molecule has 0 atom stereocenters. The average molecular weight is 246 g/mol. The lowest BCUT2D eigenvalue weighted by Gasteiger charge is -1.91. The molecular weight excluding hydrogens is 240 g/mol. The zero-order valence-corrected chi connectivity index (χ0v) is 10.1. The number of hydrogen-bond donors (Lipinski definition) is 0. The number of fused-ring (bicyclic) bond motifs is 4. The highest BCUT2D eigenvalue weighted by atomic mass is 32.2. The van der Waals surface area contributed by atoms with E-state index in [0.29, 0.717) is 0 Å². The Labute approximate surface area is 98.4 Å². The second-order valence-corrected chi connectivity index (χ2v) is 6.71. The molecule has 0 nitrogen and oxygen atoms in total. The van der Waals surface area contributed by atoms with Gasteiger partial charge < -0.3 is 0 Å². The molecule has 3 aromatic heterocycles. The summed E-state index contributed by atoms with van der Waals surface area (Å²) in [6.45, 7) is 0. The van der Waals surface area contributed by atoms with Gasteiger partial charge in [0.25, 0.3) is 0 Å². The molecule has 0 aliphatic rings. The first kappa shape index (κ1) is 8.28. The van der Waals surface area contributed by atoms with Gasteiger partial charge in [-0.3, -0.25) is 0 Å². The molecule has 0 saturated heterocycles. The molecule has 0 fully saturated rings. The Hall–Kier alpha value is -0.900. The van der Waals surface area contributed by atoms with Crippen LogP contribution in [0.5, 0.6) is 0 Å². The highest BCUT2D eigenvalue weighted by molar-refractivity contribution is 7.41. The molecule has 0 bridgehead atoms. The quantitative estimate of drug-likeness (QED) is 0.393. The highest BCUT2D eigenvalue weighted by Crippen LogP contribution is 2.39. The van der Waals surface area contributed by atoms with Crippen LogP contribution in [0.4, 0.5) is 0 Å². The van der Waals surface area contributed by atoms with Crippen LogP contribution in [0.2, 0.25) is 0 Å². The fourth-order valence-electron chi connectivity index (χ4n) is 1.96. The highest BCUT2D eigenvalue weighted by Gasteiger charge is 2.07. The molecule has 0 amide bonds. The third-order valence-corrected chi connectivity index (χ3v) is 5.76. The smallest absolute Gasteiger partial charge is 0.0877 e. The molecule has 0 N–H and O–H groups in total. The summed E-state index contributed by atoms with van der Waals surface area (Å²) < 4.78 is 4.26. The van der Waals surface area contributed by atoms with E-state index in [2.05, 4.69) is 35.0 Å². The minimum absolute atomic E-state index is 1.38. The van der Waals surface area contributed by atoms with E-state index in [1.807, 2.05) is 34.0 Å². The minimum Gasteiger partial charge on any atom is -0.144 e. The van der Waals surface area contributed by atoms with E-state index in [-0.39, 0.29) is 0 Å². The molecule has 0 unspecified atom stereocenters. The molecule has 3 heterocycles. The zero-order chi connectivity index (χ0) is 9.83. The lowest BCUT2D eigenvalue weighted by molar-refractivity contribution is 2.06. The van der Waals surface area contributed by atoms with Crippen molar-refractivity contribution in [3.8, 4) is 0 Å². The van der Waals surface area contributed by atoms with Crippen LogP contribution in [0, 0.1) is 0 Å². The lowest BCUT2D eigenvalue weighted by atomic mass is 10.2. The first-order valence-corrected chi connectivity index (χ1v) is 7.26. The molecule has 1 aromatic carbocycles. The van der Waals surface area contributed by atoms with Crippen LogP contribution in [0.1, 0.15) is 0 Å². The van der Waals surface area contributed by atoms with Crippen molar-refractivity contribution in [2.45, 2.75) is 0 Å². The van der Waals surface area contributed by atoms with Gasteiger partial charge in [-0.25, -0.2) is 0 Å². The minimum atomic E-state index is 1.38. The molecule has 0 aliphatic carbocycles. The fourth-order valence-corrected chi connectivity index (χ4v) is 4.98. The normalized spacial score (nSPS) is 12.0. The zero-order valence-electron chi connectivity index (χ0n) is 7.69. The Morgan fingerprint density at radius 2 is 1.73 bits per heavy atom. The van der Waals surface area contributed by atoms with E-state index < -0.39 is 0 Å². The van der Waals surface area contributed by atoms with Gasteiger partial charge in [0.2, 0.25) is 0 Å². The van der Waals surface area contributed by atoms with Crippen molar-refractivity contribution in [3.63, 3.8) is 0 Å². The predicted octanol–water partition coefficient (Wildman–Crippen LogP) is 5.33. The monoisotopic (exact) mass is 246 g/mol. The van der Waals surface area contributed by atoms with Crippen molar-refractivity contribution in [2.24, 2.45) is 0 Å². The van der Waals surface area contributed by atoms with Crippen LogP contribution in [0.25, 0.3) is 29.6 Å². The summed E-state index contributed by atoms with van der Waals surface area (Å²) in [6.07, 6.45) is 0. The van der Waals surface area contributed by atoms with Crippen LogP contribution >= 0.6 is 34.0 Å². The third kappa shape index (κ3) is 1.06. The molecule has 3 heteroatoms.